The number of nitrogens with one attached hydrogen (secondary N) is 1. The molecule has 0 spiro atoms. The lowest BCUT2D eigenvalue weighted by Gasteiger charge is -2.20. The molecule has 0 heterocycles. The van der Waals surface area contributed by atoms with Crippen molar-refractivity contribution in [2.75, 3.05) is 13.2 Å². The van der Waals surface area contributed by atoms with E-state index in [1.54, 1.807) is 0 Å². The Morgan fingerprint density at radius 1 is 1.07 bits per heavy atom. The van der Waals surface area contributed by atoms with E-state index in [-0.39, 0.29) is 5.91 Å². The van der Waals surface area contributed by atoms with Crippen LogP contribution in [0.1, 0.15) is 62.6 Å². The number of carbonyl (C=O) groups is 1. The summed E-state index contributed by atoms with van der Waals surface area (Å²) in [4.78, 5) is 12.6. The third-order valence-electron chi connectivity index (χ3n) is 5.62. The lowest BCUT2D eigenvalue weighted by atomic mass is 9.92. The molecular weight excluding hydrogens is 374 g/mol. The molecule has 1 amide bonds. The van der Waals surface area contributed by atoms with Crippen LogP contribution in [0.25, 0.3) is 0 Å². The molecule has 2 aromatic carbocycles. The van der Waals surface area contributed by atoms with Crippen molar-refractivity contribution in [2.45, 2.75) is 71.3 Å². The molecule has 0 aliphatic heterocycles. The van der Waals surface area contributed by atoms with Crippen LogP contribution in [0.5, 0.6) is 11.5 Å². The van der Waals surface area contributed by atoms with E-state index in [0.29, 0.717) is 13.0 Å². The molecular formula is C26H35NO3. The van der Waals surface area contributed by atoms with E-state index < -0.39 is 6.10 Å². The highest BCUT2D eigenvalue weighted by molar-refractivity contribution is 5.81. The van der Waals surface area contributed by atoms with Crippen molar-refractivity contribution in [1.82, 2.24) is 5.32 Å². The highest BCUT2D eigenvalue weighted by Gasteiger charge is 2.19. The van der Waals surface area contributed by atoms with E-state index >= 15 is 0 Å². The summed E-state index contributed by atoms with van der Waals surface area (Å²) >= 11 is 0. The van der Waals surface area contributed by atoms with Gasteiger partial charge in [0.1, 0.15) is 11.5 Å². The van der Waals surface area contributed by atoms with Gasteiger partial charge in [-0.1, -0.05) is 38.1 Å². The van der Waals surface area contributed by atoms with Crippen LogP contribution < -0.4 is 14.8 Å². The summed E-state index contributed by atoms with van der Waals surface area (Å²) in [6.07, 6.45) is 7.70. The second kappa shape index (κ2) is 11.6. The van der Waals surface area contributed by atoms with E-state index in [0.717, 1.165) is 50.2 Å². The maximum atomic E-state index is 12.6. The quantitative estimate of drug-likeness (QED) is 0.515. The standard InChI is InChI=1S/C26H35NO3/c1-3-18-29-25-14-8-7-11-21(25)13-9-17-27-26(28)24(4-2)30-23-16-15-20-10-5-6-12-22(20)19-23/h7-8,11,14-16,19,24H,3-6,9-10,12-13,17-18H2,1-2H3,(H,27,28)/t24-/m0/s1. The van der Waals surface area contributed by atoms with Gasteiger partial charge in [-0.05, 0) is 86.3 Å². The second-order valence-electron chi connectivity index (χ2n) is 8.00. The number of hydrogen-bond donors (Lipinski definition) is 1. The van der Waals surface area contributed by atoms with Gasteiger partial charge in [-0.3, -0.25) is 4.79 Å². The number of rotatable bonds is 11. The molecule has 3 rings (SSSR count). The third-order valence-corrected chi connectivity index (χ3v) is 5.62. The van der Waals surface area contributed by atoms with Gasteiger partial charge in [0, 0.05) is 6.54 Å². The molecule has 4 heteroatoms. The van der Waals surface area contributed by atoms with Crippen LogP contribution in [0.15, 0.2) is 42.5 Å². The number of ether oxygens (including phenoxy) is 2. The minimum Gasteiger partial charge on any atom is -0.493 e. The Balaban J connectivity index is 1.47. The smallest absolute Gasteiger partial charge is 0.261 e. The van der Waals surface area contributed by atoms with Gasteiger partial charge >= 0.3 is 0 Å². The van der Waals surface area contributed by atoms with Gasteiger partial charge < -0.3 is 14.8 Å². The molecule has 1 aliphatic carbocycles. The van der Waals surface area contributed by atoms with Crippen molar-refractivity contribution in [2.24, 2.45) is 0 Å². The summed E-state index contributed by atoms with van der Waals surface area (Å²) in [5.41, 5.74) is 3.99. The zero-order chi connectivity index (χ0) is 21.2. The van der Waals surface area contributed by atoms with Crippen LogP contribution in [0, 0.1) is 0 Å². The minimum atomic E-state index is -0.452. The van der Waals surface area contributed by atoms with Crippen molar-refractivity contribution in [3.05, 3.63) is 59.2 Å². The van der Waals surface area contributed by atoms with Gasteiger partial charge in [-0.2, -0.15) is 0 Å². The first-order valence-electron chi connectivity index (χ1n) is 11.5. The number of amides is 1. The maximum absolute atomic E-state index is 12.6. The van der Waals surface area contributed by atoms with Gasteiger partial charge in [-0.25, -0.2) is 0 Å². The molecule has 0 fully saturated rings. The zero-order valence-electron chi connectivity index (χ0n) is 18.4. The average Bonchev–Trinajstić information content (AvgIpc) is 2.79. The molecule has 0 saturated carbocycles. The number of benzene rings is 2. The predicted molar refractivity (Wildman–Crippen MR) is 121 cm³/mol. The Kier molecular flexibility index (Phi) is 8.61. The molecule has 0 unspecified atom stereocenters. The van der Waals surface area contributed by atoms with E-state index in [9.17, 15) is 4.79 Å². The Labute approximate surface area is 181 Å². The summed E-state index contributed by atoms with van der Waals surface area (Å²) in [7, 11) is 0. The fourth-order valence-electron chi connectivity index (χ4n) is 3.94. The monoisotopic (exact) mass is 409 g/mol. The number of para-hydroxylation sites is 1. The van der Waals surface area contributed by atoms with Crippen LogP contribution in [0.2, 0.25) is 0 Å². The Morgan fingerprint density at radius 3 is 2.67 bits per heavy atom. The van der Waals surface area contributed by atoms with Gasteiger partial charge in [0.2, 0.25) is 0 Å². The first-order chi connectivity index (χ1) is 14.7. The van der Waals surface area contributed by atoms with Crippen LogP contribution in [-0.4, -0.2) is 25.2 Å². The summed E-state index contributed by atoms with van der Waals surface area (Å²) in [5.74, 6) is 1.72. The van der Waals surface area contributed by atoms with Gasteiger partial charge in [0.05, 0.1) is 6.61 Å². The molecule has 0 aromatic heterocycles. The van der Waals surface area contributed by atoms with Crippen molar-refractivity contribution < 1.29 is 14.3 Å². The normalized spacial score (nSPS) is 13.9. The summed E-state index contributed by atoms with van der Waals surface area (Å²) in [5, 5.41) is 3.04. The number of carbonyl (C=O) groups excluding carboxylic acids is 1. The first-order valence-corrected chi connectivity index (χ1v) is 11.5. The fraction of sp³-hybridized carbons (Fsp3) is 0.500. The van der Waals surface area contributed by atoms with Crippen LogP contribution in [-0.2, 0) is 24.1 Å². The number of hydrogen-bond acceptors (Lipinski definition) is 3. The largest absolute Gasteiger partial charge is 0.493 e. The Hall–Kier alpha value is -2.49. The summed E-state index contributed by atoms with van der Waals surface area (Å²) in [6.45, 7) is 5.45. The van der Waals surface area contributed by atoms with Crippen LogP contribution in [0.4, 0.5) is 0 Å². The topological polar surface area (TPSA) is 47.6 Å². The van der Waals surface area contributed by atoms with Crippen molar-refractivity contribution >= 4 is 5.91 Å². The van der Waals surface area contributed by atoms with Crippen molar-refractivity contribution in [3.8, 4) is 11.5 Å². The van der Waals surface area contributed by atoms with Gasteiger partial charge in [-0.15, -0.1) is 0 Å². The predicted octanol–water partition coefficient (Wildman–Crippen LogP) is 5.26. The molecule has 0 radical (unpaired) electrons. The van der Waals surface area contributed by atoms with Crippen LogP contribution >= 0.6 is 0 Å². The summed E-state index contributed by atoms with van der Waals surface area (Å²) < 4.78 is 11.9. The molecule has 30 heavy (non-hydrogen) atoms. The van der Waals surface area contributed by atoms with E-state index in [1.165, 1.54) is 29.5 Å². The molecule has 162 valence electrons. The SMILES string of the molecule is CCCOc1ccccc1CCCNC(=O)[C@H](CC)Oc1ccc2c(c1)CCCC2. The molecule has 2 aromatic rings. The molecule has 0 bridgehead atoms. The molecule has 0 saturated heterocycles. The fourth-order valence-corrected chi connectivity index (χ4v) is 3.94. The highest BCUT2D eigenvalue weighted by Crippen LogP contribution is 2.26. The average molecular weight is 410 g/mol. The molecule has 1 N–H and O–H groups in total. The third kappa shape index (κ3) is 6.25. The Morgan fingerprint density at radius 2 is 1.87 bits per heavy atom. The van der Waals surface area contributed by atoms with Crippen LogP contribution in [0.3, 0.4) is 0 Å². The van der Waals surface area contributed by atoms with E-state index in [2.05, 4.69) is 30.4 Å². The lowest BCUT2D eigenvalue weighted by Crippen LogP contribution is -2.38. The first kappa shape index (κ1) is 22.2. The summed E-state index contributed by atoms with van der Waals surface area (Å²) in [6, 6.07) is 14.4. The van der Waals surface area contributed by atoms with E-state index in [4.69, 9.17) is 9.47 Å². The Bertz CT molecular complexity index is 818. The second-order valence-corrected chi connectivity index (χ2v) is 8.00. The van der Waals surface area contributed by atoms with Crippen molar-refractivity contribution in [3.63, 3.8) is 0 Å². The minimum absolute atomic E-state index is 0.0364. The molecule has 1 aliphatic rings. The van der Waals surface area contributed by atoms with E-state index in [1.807, 2.05) is 31.2 Å². The number of fused-ring (bicyclic) bond motifs is 1. The zero-order valence-corrected chi connectivity index (χ0v) is 18.4. The molecule has 1 atom stereocenters. The lowest BCUT2D eigenvalue weighted by molar-refractivity contribution is -0.128. The van der Waals surface area contributed by atoms with Gasteiger partial charge in [0.15, 0.2) is 6.10 Å². The number of aryl methyl sites for hydroxylation is 3. The highest BCUT2D eigenvalue weighted by atomic mass is 16.5. The molecule has 4 nitrogen and oxygen atoms in total. The van der Waals surface area contributed by atoms with Gasteiger partial charge in [0.25, 0.3) is 5.91 Å². The van der Waals surface area contributed by atoms with Crippen molar-refractivity contribution in [1.29, 1.82) is 0 Å². The maximum Gasteiger partial charge on any atom is 0.261 e.